The summed E-state index contributed by atoms with van der Waals surface area (Å²) < 4.78 is 32.0. The number of carbonyl (C=O) groups excluding carboxylic acids is 1. The van der Waals surface area contributed by atoms with Crippen LogP contribution in [0.3, 0.4) is 0 Å². The fourth-order valence-corrected chi connectivity index (χ4v) is 9.10. The number of hydrogen-bond acceptors (Lipinski definition) is 8. The number of thioether (sulfide) groups is 1. The third kappa shape index (κ3) is 7.59. The molecule has 1 aliphatic rings. The van der Waals surface area contributed by atoms with Crippen molar-refractivity contribution in [2.45, 2.75) is 76.7 Å². The minimum atomic E-state index is -0.540. The Bertz CT molecular complexity index is 2400. The van der Waals surface area contributed by atoms with Crippen molar-refractivity contribution in [1.82, 2.24) is 24.1 Å². The smallest absolute Gasteiger partial charge is 0.354 e. The van der Waals surface area contributed by atoms with E-state index in [-0.39, 0.29) is 23.6 Å². The molecule has 0 amide bonds. The van der Waals surface area contributed by atoms with Crippen molar-refractivity contribution in [3.63, 3.8) is 0 Å². The topological polar surface area (TPSA) is 117 Å². The van der Waals surface area contributed by atoms with Crippen molar-refractivity contribution in [3.05, 3.63) is 97.9 Å². The highest BCUT2D eigenvalue weighted by Crippen LogP contribution is 2.44. The van der Waals surface area contributed by atoms with Gasteiger partial charge in [0.1, 0.15) is 23.5 Å². The Kier molecular flexibility index (Phi) is 11.8. The van der Waals surface area contributed by atoms with Gasteiger partial charge in [-0.05, 0) is 106 Å². The molecule has 1 unspecified atom stereocenters. The summed E-state index contributed by atoms with van der Waals surface area (Å²) >= 11 is 14.8. The number of fused-ring (bicyclic) bond motifs is 2. The summed E-state index contributed by atoms with van der Waals surface area (Å²) in [7, 11) is 3.28. The number of phenols is 1. The first-order valence-corrected chi connectivity index (χ1v) is 20.3. The first-order chi connectivity index (χ1) is 26.5. The van der Waals surface area contributed by atoms with Crippen LogP contribution in [-0.4, -0.2) is 60.6 Å². The predicted molar refractivity (Wildman–Crippen MR) is 216 cm³/mol. The summed E-state index contributed by atoms with van der Waals surface area (Å²) in [5.74, 6) is 0.222. The highest BCUT2D eigenvalue weighted by Gasteiger charge is 2.30. The number of aliphatic hydroxyl groups is 1. The van der Waals surface area contributed by atoms with Gasteiger partial charge in [0.15, 0.2) is 0 Å². The quantitative estimate of drug-likeness (QED) is 0.111. The molecule has 0 saturated carbocycles. The van der Waals surface area contributed by atoms with Gasteiger partial charge in [0.25, 0.3) is 0 Å². The van der Waals surface area contributed by atoms with Gasteiger partial charge in [0.2, 0.25) is 0 Å². The van der Waals surface area contributed by atoms with E-state index in [1.165, 1.54) is 13.2 Å². The second kappa shape index (κ2) is 16.6. The lowest BCUT2D eigenvalue weighted by molar-refractivity contribution is -0.0407. The van der Waals surface area contributed by atoms with E-state index in [2.05, 4.69) is 6.07 Å². The Morgan fingerprint density at radius 3 is 2.58 bits per heavy atom. The number of hydrogen-bond donors (Lipinski definition) is 2. The average Bonchev–Trinajstić information content (AvgIpc) is 3.80. The lowest BCUT2D eigenvalue weighted by atomic mass is 9.97. The molecule has 2 N–H and O–H groups in total. The van der Waals surface area contributed by atoms with E-state index in [9.17, 15) is 19.4 Å². The van der Waals surface area contributed by atoms with Crippen LogP contribution in [0.15, 0.2) is 42.5 Å². The fourth-order valence-electron chi connectivity index (χ4n) is 7.84. The molecule has 0 radical (unpaired) electrons. The van der Waals surface area contributed by atoms with E-state index in [1.807, 2.05) is 47.0 Å². The maximum Gasteiger partial charge on any atom is 0.354 e. The molecule has 290 valence electrons. The van der Waals surface area contributed by atoms with E-state index >= 15 is 0 Å². The monoisotopic (exact) mass is 807 g/mol. The Balaban J connectivity index is 1.18. The molecule has 4 heterocycles. The number of aromatic hydroxyl groups is 1. The molecule has 55 heavy (non-hydrogen) atoms. The lowest BCUT2D eigenvalue weighted by Gasteiger charge is -2.24. The molecule has 6 aromatic rings. The van der Waals surface area contributed by atoms with Crippen LogP contribution < -0.4 is 0 Å². The predicted octanol–water partition coefficient (Wildman–Crippen LogP) is 9.25. The van der Waals surface area contributed by atoms with Gasteiger partial charge < -0.3 is 24.3 Å². The van der Waals surface area contributed by atoms with E-state index in [0.717, 1.165) is 75.2 Å². The van der Waals surface area contributed by atoms with Crippen molar-refractivity contribution < 1.29 is 28.9 Å². The van der Waals surface area contributed by atoms with E-state index in [1.54, 1.807) is 30.0 Å². The van der Waals surface area contributed by atoms with Crippen molar-refractivity contribution >= 4 is 62.6 Å². The van der Waals surface area contributed by atoms with Crippen LogP contribution in [0.4, 0.5) is 4.39 Å². The number of nitrogens with zero attached hydrogens (tertiary/aromatic N) is 5. The number of carbonyl (C=O) groups is 1. The summed E-state index contributed by atoms with van der Waals surface area (Å²) in [5, 5.41) is 32.4. The highest BCUT2D eigenvalue weighted by atomic mass is 35.5. The third-order valence-electron chi connectivity index (χ3n) is 10.5. The van der Waals surface area contributed by atoms with Crippen LogP contribution in [0, 0.1) is 19.7 Å². The summed E-state index contributed by atoms with van der Waals surface area (Å²) in [5.41, 5.74) is 8.25. The van der Waals surface area contributed by atoms with Crippen LogP contribution >= 0.6 is 35.0 Å². The van der Waals surface area contributed by atoms with Gasteiger partial charge >= 0.3 is 5.97 Å². The lowest BCUT2D eigenvalue weighted by Crippen LogP contribution is -2.20. The normalized spacial score (nSPS) is 14.7. The van der Waals surface area contributed by atoms with Crippen LogP contribution in [0.2, 0.25) is 10.0 Å². The molecule has 0 bridgehead atoms. The molecule has 0 spiro atoms. The molecule has 14 heteroatoms. The third-order valence-corrected chi connectivity index (χ3v) is 12.1. The summed E-state index contributed by atoms with van der Waals surface area (Å²) in [6.45, 7) is 5.06. The van der Waals surface area contributed by atoms with Crippen LogP contribution in [0.1, 0.15) is 76.3 Å². The van der Waals surface area contributed by atoms with Crippen molar-refractivity contribution in [2.24, 2.45) is 7.05 Å². The summed E-state index contributed by atoms with van der Waals surface area (Å²) in [6, 6.07) is 12.4. The Morgan fingerprint density at radius 1 is 1.04 bits per heavy atom. The number of aromatic nitrogens is 5. The zero-order valence-electron chi connectivity index (χ0n) is 31.3. The minimum Gasteiger partial charge on any atom is -0.507 e. The number of aliphatic hydroxyl groups excluding tert-OH is 1. The molecule has 3 aromatic carbocycles. The van der Waals surface area contributed by atoms with E-state index in [4.69, 9.17) is 42.9 Å². The molecule has 0 aliphatic carbocycles. The summed E-state index contributed by atoms with van der Waals surface area (Å²) in [6.07, 6.45) is 4.42. The molecule has 1 atom stereocenters. The Labute approximate surface area is 333 Å². The second-order valence-electron chi connectivity index (χ2n) is 14.0. The minimum absolute atomic E-state index is 0.0157. The van der Waals surface area contributed by atoms with Gasteiger partial charge in [-0.1, -0.05) is 23.2 Å². The molecular formula is C41H44Cl2FN5O5S. The molecule has 1 fully saturated rings. The molecule has 10 nitrogen and oxygen atoms in total. The van der Waals surface area contributed by atoms with Crippen molar-refractivity contribution in [1.29, 1.82) is 0 Å². The first-order valence-electron chi connectivity index (χ1n) is 18.4. The molecular weight excluding hydrogens is 764 g/mol. The summed E-state index contributed by atoms with van der Waals surface area (Å²) in [4.78, 5) is 13.2. The molecule has 1 saturated heterocycles. The van der Waals surface area contributed by atoms with Crippen molar-refractivity contribution in [3.8, 4) is 16.9 Å². The molecule has 7 rings (SSSR count). The number of esters is 1. The Hall–Kier alpha value is -4.07. The number of benzene rings is 3. The zero-order chi connectivity index (χ0) is 39.0. The fraction of sp³-hybridized carbons (Fsp3) is 0.390. The zero-order valence-corrected chi connectivity index (χ0v) is 33.6. The van der Waals surface area contributed by atoms with Crippen LogP contribution in [0.5, 0.6) is 5.75 Å². The van der Waals surface area contributed by atoms with Gasteiger partial charge in [-0.15, -0.1) is 11.8 Å². The Morgan fingerprint density at radius 2 is 1.84 bits per heavy atom. The standard InChI is InChI=1S/C41H44Cl2FN5O5S/c1-23-36-33(48(15-7-16-50)40(23)41(52)53-4)14-13-30(42)38(36)37-24(2)49(35-8-5-6-17-54-35)46-32(37)22-55-21-26-20-27(47(3)45-26)10-9-25-18-29-28(34(51)19-25)11-12-31(43)39(29)44/h11-14,18-20,35,50-51H,5-10,15-17,21-22H2,1-4H3. The van der Waals surface area contributed by atoms with Gasteiger partial charge in [-0.2, -0.15) is 10.2 Å². The molecule has 3 aromatic heterocycles. The highest BCUT2D eigenvalue weighted by molar-refractivity contribution is 7.97. The first kappa shape index (κ1) is 39.2. The van der Waals surface area contributed by atoms with Gasteiger partial charge in [0.05, 0.1) is 23.5 Å². The maximum atomic E-state index is 14.8. The SMILES string of the molecule is COC(=O)c1c(C)c2c(-c3c(CSCc4cc(CCc5cc(O)c6ccc(Cl)c(F)c6c5)n(C)n4)nn(C4CCCCO4)c3C)c(Cl)ccc2n1CCCO. The average molecular weight is 809 g/mol. The largest absolute Gasteiger partial charge is 0.507 e. The van der Waals surface area contributed by atoms with E-state index in [0.29, 0.717) is 65.4 Å². The molecule has 1 aliphatic heterocycles. The number of rotatable bonds is 13. The van der Waals surface area contributed by atoms with Crippen LogP contribution in [0.25, 0.3) is 32.8 Å². The van der Waals surface area contributed by atoms with Crippen molar-refractivity contribution in [2.75, 3.05) is 20.3 Å². The number of ether oxygens (including phenoxy) is 2. The van der Waals surface area contributed by atoms with Gasteiger partial charge in [-0.25, -0.2) is 13.9 Å². The van der Waals surface area contributed by atoms with Gasteiger partial charge in [0, 0.05) is 87.5 Å². The number of phenolic OH excluding ortho intramolecular Hbond substituents is 1. The van der Waals surface area contributed by atoms with Crippen LogP contribution in [-0.2, 0) is 47.4 Å². The van der Waals surface area contributed by atoms with E-state index < -0.39 is 11.8 Å². The number of aryl methyl sites for hydroxylation is 5. The maximum absolute atomic E-state index is 14.8. The second-order valence-corrected chi connectivity index (χ2v) is 15.8. The van der Waals surface area contributed by atoms with Gasteiger partial charge in [-0.3, -0.25) is 4.68 Å². The number of halogens is 3. The number of methoxy groups -OCH3 is 1.